The molecular formula is C19H17BrNO4-. The molecule has 2 bridgehead atoms. The molecule has 0 N–H and O–H groups in total. The van der Waals surface area contributed by atoms with Crippen molar-refractivity contribution in [3.8, 4) is 0 Å². The fraction of sp³-hybridized carbons (Fsp3) is 0.368. The summed E-state index contributed by atoms with van der Waals surface area (Å²) in [7, 11) is 0. The van der Waals surface area contributed by atoms with Gasteiger partial charge in [-0.15, -0.1) is 6.58 Å². The molecule has 5 nitrogen and oxygen atoms in total. The van der Waals surface area contributed by atoms with Gasteiger partial charge in [0.2, 0.25) is 5.91 Å². The third-order valence-corrected chi connectivity index (χ3v) is 5.87. The van der Waals surface area contributed by atoms with Crippen LogP contribution in [0.25, 0.3) is 0 Å². The Morgan fingerprint density at radius 2 is 2.08 bits per heavy atom. The molecule has 0 unspecified atom stereocenters. The maximum absolute atomic E-state index is 13.2. The first-order valence-electron chi connectivity index (χ1n) is 8.16. The number of carboxylic acids is 1. The molecule has 3 aliphatic rings. The number of halogens is 1. The van der Waals surface area contributed by atoms with Crippen LogP contribution in [0.4, 0.5) is 5.69 Å². The van der Waals surface area contributed by atoms with Gasteiger partial charge in [0.05, 0.1) is 18.1 Å². The van der Waals surface area contributed by atoms with Crippen LogP contribution in [0, 0.1) is 11.8 Å². The van der Waals surface area contributed by atoms with E-state index >= 15 is 0 Å². The number of aliphatic carboxylic acids is 1. The molecule has 4 rings (SSSR count). The Morgan fingerprint density at radius 3 is 2.68 bits per heavy atom. The summed E-state index contributed by atoms with van der Waals surface area (Å²) >= 11 is 3.39. The van der Waals surface area contributed by atoms with E-state index in [1.54, 1.807) is 11.0 Å². The molecule has 1 spiro atoms. The third-order valence-electron chi connectivity index (χ3n) is 5.34. The van der Waals surface area contributed by atoms with Crippen molar-refractivity contribution < 1.29 is 19.4 Å². The van der Waals surface area contributed by atoms with Gasteiger partial charge in [0.25, 0.3) is 0 Å². The molecule has 1 aromatic rings. The molecular weight excluding hydrogens is 386 g/mol. The number of rotatable bonds is 4. The van der Waals surface area contributed by atoms with Crippen LogP contribution in [0.3, 0.4) is 0 Å². The minimum Gasteiger partial charge on any atom is -0.550 e. The minimum atomic E-state index is -1.23. The standard InChI is InChI=1S/C19H18BrNO4/c1-10(2)9-14-19-8-7-13(25-19)15(18(23)24)16(19)17(22)21(14)12-5-3-11(20)4-6-12/h3-8,13-16H,1,9H2,2H3,(H,23,24)/p-1/t13-,14+,15+,16-,19-/m1/s1. The zero-order valence-corrected chi connectivity index (χ0v) is 15.2. The quantitative estimate of drug-likeness (QED) is 0.720. The summed E-state index contributed by atoms with van der Waals surface area (Å²) in [5.41, 5.74) is 0.700. The number of carbonyl (C=O) groups is 2. The molecule has 5 atom stereocenters. The Balaban J connectivity index is 1.84. The van der Waals surface area contributed by atoms with E-state index in [0.717, 1.165) is 15.7 Å². The second-order valence-electron chi connectivity index (χ2n) is 6.98. The van der Waals surface area contributed by atoms with Crippen LogP contribution in [-0.4, -0.2) is 29.6 Å². The van der Waals surface area contributed by atoms with Crippen molar-refractivity contribution in [2.24, 2.45) is 11.8 Å². The molecule has 6 heteroatoms. The Hall–Kier alpha value is -1.92. The lowest BCUT2D eigenvalue weighted by Crippen LogP contribution is -2.46. The van der Waals surface area contributed by atoms with Gasteiger partial charge in [-0.25, -0.2) is 0 Å². The van der Waals surface area contributed by atoms with Gasteiger partial charge in [-0.05, 0) is 37.6 Å². The summed E-state index contributed by atoms with van der Waals surface area (Å²) < 4.78 is 6.98. The SMILES string of the molecule is C=C(C)C[C@@H]1N(c2ccc(Br)cc2)C(=O)[C@H]2[C@@H](C(=O)[O-])[C@H]3C=C[C@@]12O3. The highest BCUT2D eigenvalue weighted by Gasteiger charge is 2.69. The van der Waals surface area contributed by atoms with Crippen LogP contribution in [-0.2, 0) is 14.3 Å². The van der Waals surface area contributed by atoms with Gasteiger partial charge in [-0.1, -0.05) is 33.7 Å². The van der Waals surface area contributed by atoms with E-state index in [0.29, 0.717) is 6.42 Å². The Bertz CT molecular complexity index is 802. The van der Waals surface area contributed by atoms with Crippen LogP contribution >= 0.6 is 15.9 Å². The molecule has 0 saturated carbocycles. The molecule has 25 heavy (non-hydrogen) atoms. The van der Waals surface area contributed by atoms with Crippen LogP contribution in [0.5, 0.6) is 0 Å². The second kappa shape index (κ2) is 5.54. The summed E-state index contributed by atoms with van der Waals surface area (Å²) in [4.78, 5) is 26.6. The minimum absolute atomic E-state index is 0.227. The monoisotopic (exact) mass is 402 g/mol. The Labute approximate surface area is 154 Å². The molecule has 0 aliphatic carbocycles. The topological polar surface area (TPSA) is 69.7 Å². The van der Waals surface area contributed by atoms with E-state index in [9.17, 15) is 14.7 Å². The van der Waals surface area contributed by atoms with Crippen molar-refractivity contribution in [3.05, 3.63) is 53.0 Å². The average Bonchev–Trinajstić information content (AvgIpc) is 3.18. The first kappa shape index (κ1) is 16.5. The molecule has 0 radical (unpaired) electrons. The van der Waals surface area contributed by atoms with Crippen LogP contribution in [0.1, 0.15) is 13.3 Å². The van der Waals surface area contributed by atoms with Gasteiger partial charge < -0.3 is 19.5 Å². The van der Waals surface area contributed by atoms with Crippen molar-refractivity contribution in [1.29, 1.82) is 0 Å². The average molecular weight is 403 g/mol. The predicted octanol–water partition coefficient (Wildman–Crippen LogP) is 1.82. The smallest absolute Gasteiger partial charge is 0.234 e. The number of carboxylic acid groups (broad SMARTS) is 1. The lowest BCUT2D eigenvalue weighted by molar-refractivity contribution is -0.313. The molecule has 0 aromatic heterocycles. The summed E-state index contributed by atoms with van der Waals surface area (Å²) in [6.07, 6.45) is 3.56. The number of nitrogens with zero attached hydrogens (tertiary/aromatic N) is 1. The molecule has 130 valence electrons. The number of carbonyl (C=O) groups excluding carboxylic acids is 2. The van der Waals surface area contributed by atoms with Gasteiger partial charge >= 0.3 is 0 Å². The lowest BCUT2D eigenvalue weighted by Gasteiger charge is -2.33. The summed E-state index contributed by atoms with van der Waals surface area (Å²) in [6.45, 7) is 5.88. The van der Waals surface area contributed by atoms with Crippen molar-refractivity contribution in [2.75, 3.05) is 4.90 Å². The Kier molecular flexibility index (Phi) is 3.67. The highest BCUT2D eigenvalue weighted by Crippen LogP contribution is 2.56. The molecule has 1 aromatic carbocycles. The number of amides is 1. The predicted molar refractivity (Wildman–Crippen MR) is 93.6 cm³/mol. The molecule has 3 aliphatic heterocycles. The summed E-state index contributed by atoms with van der Waals surface area (Å²) in [6, 6.07) is 7.08. The zero-order chi connectivity index (χ0) is 17.9. The van der Waals surface area contributed by atoms with Gasteiger partial charge in [-0.2, -0.15) is 0 Å². The van der Waals surface area contributed by atoms with E-state index in [1.807, 2.05) is 37.3 Å². The summed E-state index contributed by atoms with van der Waals surface area (Å²) in [5.74, 6) is -3.18. The fourth-order valence-electron chi connectivity index (χ4n) is 4.41. The maximum Gasteiger partial charge on any atom is 0.234 e. The zero-order valence-electron chi connectivity index (χ0n) is 13.6. The molecule has 2 saturated heterocycles. The van der Waals surface area contributed by atoms with Crippen molar-refractivity contribution in [1.82, 2.24) is 0 Å². The molecule has 1 amide bonds. The normalized spacial score (nSPS) is 35.3. The number of benzene rings is 1. The third kappa shape index (κ3) is 2.24. The Morgan fingerprint density at radius 1 is 1.40 bits per heavy atom. The van der Waals surface area contributed by atoms with Gasteiger partial charge in [0.1, 0.15) is 5.60 Å². The first-order valence-corrected chi connectivity index (χ1v) is 8.95. The van der Waals surface area contributed by atoms with Crippen molar-refractivity contribution >= 4 is 33.5 Å². The molecule has 2 fully saturated rings. The van der Waals surface area contributed by atoms with Gasteiger partial charge in [0.15, 0.2) is 0 Å². The van der Waals surface area contributed by atoms with Crippen molar-refractivity contribution in [2.45, 2.75) is 31.1 Å². The molecule has 3 heterocycles. The largest absolute Gasteiger partial charge is 0.550 e. The van der Waals surface area contributed by atoms with Crippen molar-refractivity contribution in [3.63, 3.8) is 0 Å². The van der Waals surface area contributed by atoms with Gasteiger partial charge in [-0.3, -0.25) is 4.79 Å². The van der Waals surface area contributed by atoms with E-state index in [2.05, 4.69) is 22.5 Å². The maximum atomic E-state index is 13.2. The highest BCUT2D eigenvalue weighted by atomic mass is 79.9. The van der Waals surface area contributed by atoms with Crippen LogP contribution < -0.4 is 10.0 Å². The van der Waals surface area contributed by atoms with E-state index in [1.165, 1.54) is 0 Å². The fourth-order valence-corrected chi connectivity index (χ4v) is 4.67. The van der Waals surface area contributed by atoms with E-state index < -0.39 is 29.5 Å². The number of fused-ring (bicyclic) bond motifs is 1. The number of anilines is 1. The van der Waals surface area contributed by atoms with Crippen LogP contribution in [0.2, 0.25) is 0 Å². The lowest BCUT2D eigenvalue weighted by atomic mass is 9.74. The summed E-state index contributed by atoms with van der Waals surface area (Å²) in [5, 5.41) is 11.7. The first-order chi connectivity index (χ1) is 11.8. The highest BCUT2D eigenvalue weighted by molar-refractivity contribution is 9.10. The van der Waals surface area contributed by atoms with Crippen LogP contribution in [0.15, 0.2) is 53.0 Å². The second-order valence-corrected chi connectivity index (χ2v) is 7.89. The van der Waals surface area contributed by atoms with Gasteiger partial charge in [0, 0.05) is 22.0 Å². The number of ether oxygens (including phenoxy) is 1. The number of hydrogen-bond donors (Lipinski definition) is 0. The number of hydrogen-bond acceptors (Lipinski definition) is 4. The van der Waals surface area contributed by atoms with E-state index in [-0.39, 0.29) is 11.9 Å². The van der Waals surface area contributed by atoms with E-state index in [4.69, 9.17) is 4.74 Å².